The second-order valence-electron chi connectivity index (χ2n) is 2.87. The number of carbonyl (C=O) groups excluding carboxylic acids is 1. The summed E-state index contributed by atoms with van der Waals surface area (Å²) in [5.41, 5.74) is -1.11. The second kappa shape index (κ2) is 3.45. The van der Waals surface area contributed by atoms with Crippen LogP contribution in [0, 0.1) is 0 Å². The maximum Gasteiger partial charge on any atom is 0.330 e. The highest BCUT2D eigenvalue weighted by Gasteiger charge is 2.11. The van der Waals surface area contributed by atoms with Crippen LogP contribution in [0.1, 0.15) is 10.4 Å². The van der Waals surface area contributed by atoms with Crippen molar-refractivity contribution in [2.75, 3.05) is 0 Å². The van der Waals surface area contributed by atoms with E-state index in [0.29, 0.717) is 0 Å². The molecule has 0 saturated heterocycles. The minimum absolute atomic E-state index is 0.0513. The van der Waals surface area contributed by atoms with Crippen molar-refractivity contribution in [3.8, 4) is 0 Å². The molecule has 5 heteroatoms. The first-order valence-corrected chi connectivity index (χ1v) is 3.92. The zero-order valence-corrected chi connectivity index (χ0v) is 7.98. The van der Waals surface area contributed by atoms with E-state index < -0.39 is 17.0 Å². The predicted molar refractivity (Wildman–Crippen MR) is 51.5 cm³/mol. The molecule has 0 saturated carbocycles. The van der Waals surface area contributed by atoms with Crippen LogP contribution < -0.4 is 11.2 Å². The van der Waals surface area contributed by atoms with E-state index in [9.17, 15) is 14.4 Å². The van der Waals surface area contributed by atoms with E-state index in [0.717, 1.165) is 10.6 Å². The molecule has 0 aliphatic heterocycles. The van der Waals surface area contributed by atoms with E-state index in [-0.39, 0.29) is 5.56 Å². The fourth-order valence-corrected chi connectivity index (χ4v) is 1.09. The first-order chi connectivity index (χ1) is 6.49. The number of rotatable bonds is 2. The Morgan fingerprint density at radius 2 is 2.00 bits per heavy atom. The number of ketones is 1. The van der Waals surface area contributed by atoms with Crippen molar-refractivity contribution in [3.05, 3.63) is 45.3 Å². The first kappa shape index (κ1) is 10.2. The van der Waals surface area contributed by atoms with Gasteiger partial charge in [0.05, 0.1) is 0 Å². The summed E-state index contributed by atoms with van der Waals surface area (Å²) in [4.78, 5) is 33.9. The van der Waals surface area contributed by atoms with E-state index in [1.54, 1.807) is 0 Å². The van der Waals surface area contributed by atoms with Crippen LogP contribution in [-0.2, 0) is 14.1 Å². The minimum atomic E-state index is -0.599. The summed E-state index contributed by atoms with van der Waals surface area (Å²) < 4.78 is 2.06. The normalized spacial score (nSPS) is 9.86. The van der Waals surface area contributed by atoms with Crippen LogP contribution in [0.4, 0.5) is 0 Å². The van der Waals surface area contributed by atoms with E-state index in [4.69, 9.17) is 0 Å². The van der Waals surface area contributed by atoms with Gasteiger partial charge >= 0.3 is 5.69 Å². The fourth-order valence-electron chi connectivity index (χ4n) is 1.09. The standard InChI is InChI=1S/C9H10N2O3/c1-4-7(12)6-5-10(2)9(14)11(3)8(6)13/h4-5H,1H2,2-3H3. The summed E-state index contributed by atoms with van der Waals surface area (Å²) in [6.45, 7) is 3.27. The van der Waals surface area contributed by atoms with E-state index in [1.807, 2.05) is 0 Å². The van der Waals surface area contributed by atoms with Crippen LogP contribution in [0.2, 0.25) is 0 Å². The summed E-state index contributed by atoms with van der Waals surface area (Å²) in [5.74, 6) is -0.485. The Morgan fingerprint density at radius 1 is 1.43 bits per heavy atom. The lowest BCUT2D eigenvalue weighted by atomic mass is 10.2. The van der Waals surface area contributed by atoms with Crippen LogP contribution in [0.15, 0.2) is 28.4 Å². The molecule has 0 N–H and O–H groups in total. The van der Waals surface area contributed by atoms with Gasteiger partial charge in [0.25, 0.3) is 5.56 Å². The molecular formula is C9H10N2O3. The van der Waals surface area contributed by atoms with Gasteiger partial charge in [0.15, 0.2) is 5.78 Å². The first-order valence-electron chi connectivity index (χ1n) is 3.92. The lowest BCUT2D eigenvalue weighted by molar-refractivity contribution is 0.104. The smallest absolute Gasteiger partial charge is 0.303 e. The number of nitrogens with zero attached hydrogens (tertiary/aromatic N) is 2. The third-order valence-electron chi connectivity index (χ3n) is 1.90. The van der Waals surface area contributed by atoms with Gasteiger partial charge < -0.3 is 4.57 Å². The second-order valence-corrected chi connectivity index (χ2v) is 2.87. The quantitative estimate of drug-likeness (QED) is 0.469. The van der Waals surface area contributed by atoms with Crippen LogP contribution in [0.3, 0.4) is 0 Å². The van der Waals surface area contributed by atoms with Gasteiger partial charge in [-0.3, -0.25) is 14.2 Å². The highest BCUT2D eigenvalue weighted by Crippen LogP contribution is 1.90. The van der Waals surface area contributed by atoms with Crippen LogP contribution in [-0.4, -0.2) is 14.9 Å². The summed E-state index contributed by atoms with van der Waals surface area (Å²) in [6.07, 6.45) is 2.26. The maximum absolute atomic E-state index is 11.4. The molecule has 74 valence electrons. The molecule has 1 aromatic rings. The molecule has 1 heterocycles. The van der Waals surface area contributed by atoms with Crippen molar-refractivity contribution in [2.24, 2.45) is 14.1 Å². The Kier molecular flexibility index (Phi) is 2.51. The molecule has 5 nitrogen and oxygen atoms in total. The van der Waals surface area contributed by atoms with Crippen LogP contribution in [0.5, 0.6) is 0 Å². The fraction of sp³-hybridized carbons (Fsp3) is 0.222. The van der Waals surface area contributed by atoms with Gasteiger partial charge in [-0.05, 0) is 6.08 Å². The third-order valence-corrected chi connectivity index (χ3v) is 1.90. The van der Waals surface area contributed by atoms with Crippen LogP contribution in [0.25, 0.3) is 0 Å². The van der Waals surface area contributed by atoms with Crippen molar-refractivity contribution in [1.29, 1.82) is 0 Å². The van der Waals surface area contributed by atoms with E-state index >= 15 is 0 Å². The molecule has 0 unspecified atom stereocenters. The Balaban J connectivity index is 3.65. The average molecular weight is 194 g/mol. The Labute approximate surface area is 79.9 Å². The Hall–Kier alpha value is -1.91. The number of hydrogen-bond acceptors (Lipinski definition) is 3. The van der Waals surface area contributed by atoms with Crippen molar-refractivity contribution >= 4 is 5.78 Å². The third kappa shape index (κ3) is 1.44. The number of hydrogen-bond donors (Lipinski definition) is 0. The molecule has 14 heavy (non-hydrogen) atoms. The number of aromatic nitrogens is 2. The number of aryl methyl sites for hydroxylation is 1. The van der Waals surface area contributed by atoms with Crippen molar-refractivity contribution in [1.82, 2.24) is 9.13 Å². The molecule has 0 amide bonds. The van der Waals surface area contributed by atoms with Crippen molar-refractivity contribution in [3.63, 3.8) is 0 Å². The monoisotopic (exact) mass is 194 g/mol. The molecule has 0 spiro atoms. The summed E-state index contributed by atoms with van der Waals surface area (Å²) in [7, 11) is 2.80. The molecule has 1 aromatic heterocycles. The molecule has 0 atom stereocenters. The molecule has 0 aromatic carbocycles. The molecular weight excluding hydrogens is 184 g/mol. The highest BCUT2D eigenvalue weighted by molar-refractivity contribution is 6.03. The van der Waals surface area contributed by atoms with E-state index in [1.165, 1.54) is 24.9 Å². The highest BCUT2D eigenvalue weighted by atomic mass is 16.2. The van der Waals surface area contributed by atoms with Gasteiger partial charge in [-0.1, -0.05) is 6.58 Å². The number of carbonyl (C=O) groups is 1. The zero-order chi connectivity index (χ0) is 10.9. The largest absolute Gasteiger partial charge is 0.330 e. The van der Waals surface area contributed by atoms with Gasteiger partial charge in [0.1, 0.15) is 5.56 Å². The molecule has 0 fully saturated rings. The molecule has 0 bridgehead atoms. The maximum atomic E-state index is 11.4. The van der Waals surface area contributed by atoms with Crippen molar-refractivity contribution in [2.45, 2.75) is 0 Å². The number of allylic oxidation sites excluding steroid dienone is 1. The summed E-state index contributed by atoms with van der Waals surface area (Å²) >= 11 is 0. The van der Waals surface area contributed by atoms with Crippen molar-refractivity contribution < 1.29 is 4.79 Å². The molecule has 0 aliphatic rings. The van der Waals surface area contributed by atoms with Gasteiger partial charge in [-0.15, -0.1) is 0 Å². The zero-order valence-electron chi connectivity index (χ0n) is 7.98. The average Bonchev–Trinajstić information content (AvgIpc) is 2.19. The molecule has 1 rings (SSSR count). The lowest BCUT2D eigenvalue weighted by Gasteiger charge is -2.03. The summed E-state index contributed by atoms with van der Waals surface area (Å²) in [6, 6.07) is 0. The molecule has 0 radical (unpaired) electrons. The van der Waals surface area contributed by atoms with Crippen LogP contribution >= 0.6 is 0 Å². The Morgan fingerprint density at radius 3 is 2.50 bits per heavy atom. The lowest BCUT2D eigenvalue weighted by Crippen LogP contribution is -2.39. The predicted octanol–water partition coefficient (Wildman–Crippen LogP) is -0.547. The summed E-state index contributed by atoms with van der Waals surface area (Å²) in [5, 5.41) is 0. The van der Waals surface area contributed by atoms with Gasteiger partial charge in [0.2, 0.25) is 0 Å². The van der Waals surface area contributed by atoms with Gasteiger partial charge in [-0.25, -0.2) is 4.79 Å². The molecule has 0 aliphatic carbocycles. The van der Waals surface area contributed by atoms with Gasteiger partial charge in [0, 0.05) is 20.3 Å². The topological polar surface area (TPSA) is 61.1 Å². The SMILES string of the molecule is C=CC(=O)c1cn(C)c(=O)n(C)c1=O. The Bertz CT molecular complexity index is 508. The van der Waals surface area contributed by atoms with E-state index in [2.05, 4.69) is 6.58 Å². The minimum Gasteiger partial charge on any atom is -0.303 e. The van der Waals surface area contributed by atoms with Gasteiger partial charge in [-0.2, -0.15) is 0 Å².